The Hall–Kier alpha value is -1.42. The van der Waals surface area contributed by atoms with Crippen LogP contribution in [0.4, 0.5) is 0 Å². The van der Waals surface area contributed by atoms with E-state index in [9.17, 15) is 0 Å². The van der Waals surface area contributed by atoms with E-state index in [0.29, 0.717) is 6.10 Å². The molecule has 0 aromatic heterocycles. The van der Waals surface area contributed by atoms with Crippen molar-refractivity contribution in [2.45, 2.75) is 44.4 Å². The van der Waals surface area contributed by atoms with Gasteiger partial charge in [0, 0.05) is 0 Å². The van der Waals surface area contributed by atoms with Crippen molar-refractivity contribution in [2.75, 3.05) is 0 Å². The summed E-state index contributed by atoms with van der Waals surface area (Å²) in [4.78, 5) is 0. The fraction of sp³-hybridized carbons (Fsp3) is 0.412. The predicted octanol–water partition coefficient (Wildman–Crippen LogP) is 2.78. The topological polar surface area (TPSA) is 47.3 Å². The molecule has 0 amide bonds. The smallest absolute Gasteiger partial charge is 0.0749 e. The van der Waals surface area contributed by atoms with Gasteiger partial charge in [0.25, 0.3) is 0 Å². The maximum atomic E-state index is 5.96. The summed E-state index contributed by atoms with van der Waals surface area (Å²) in [6.07, 6.45) is 3.67. The van der Waals surface area contributed by atoms with E-state index >= 15 is 0 Å². The molecule has 1 aliphatic rings. The number of ether oxygens (including phenoxy) is 1. The molecule has 1 fully saturated rings. The first-order valence-corrected chi connectivity index (χ1v) is 7.36. The Labute approximate surface area is 120 Å². The summed E-state index contributed by atoms with van der Waals surface area (Å²) < 4.78 is 5.96. The van der Waals surface area contributed by atoms with Crippen LogP contribution in [0.5, 0.6) is 0 Å². The summed E-state index contributed by atoms with van der Waals surface area (Å²) in [7, 11) is 0. The molecule has 1 aliphatic heterocycles. The second-order valence-corrected chi connectivity index (χ2v) is 5.68. The van der Waals surface area contributed by atoms with Gasteiger partial charge in [0.1, 0.15) is 0 Å². The highest BCUT2D eigenvalue weighted by atomic mass is 16.5. The van der Waals surface area contributed by atoms with Gasteiger partial charge in [0.05, 0.1) is 18.2 Å². The van der Waals surface area contributed by atoms with Crippen molar-refractivity contribution in [3.8, 4) is 0 Å². The van der Waals surface area contributed by atoms with Gasteiger partial charge in [-0.05, 0) is 42.5 Å². The van der Waals surface area contributed by atoms with E-state index in [1.807, 2.05) is 0 Å². The number of nitrogens with one attached hydrogen (secondary N) is 1. The van der Waals surface area contributed by atoms with Crippen molar-refractivity contribution < 1.29 is 4.74 Å². The molecule has 3 heteroatoms. The summed E-state index contributed by atoms with van der Waals surface area (Å²) in [5, 5.41) is 2.59. The fourth-order valence-electron chi connectivity index (χ4n) is 3.13. The summed E-state index contributed by atoms with van der Waals surface area (Å²) in [5.74, 6) is 5.76. The van der Waals surface area contributed by atoms with Crippen LogP contribution in [0.3, 0.4) is 0 Å². The second kappa shape index (κ2) is 5.92. The highest BCUT2D eigenvalue weighted by Crippen LogP contribution is 2.25. The molecule has 0 bridgehead atoms. The minimum atomic E-state index is 0.172. The number of rotatable bonds is 4. The molecule has 0 aliphatic carbocycles. The van der Waals surface area contributed by atoms with E-state index in [0.717, 1.165) is 19.3 Å². The minimum Gasteiger partial charge on any atom is -0.374 e. The van der Waals surface area contributed by atoms with Gasteiger partial charge in [0.15, 0.2) is 0 Å². The van der Waals surface area contributed by atoms with Crippen LogP contribution in [0.2, 0.25) is 0 Å². The standard InChI is InChI=1S/C17H22N2O/c1-12-9-10-17(20-12)16(19-18)11-14-7-4-6-13-5-2-3-8-15(13)14/h2-8,12,16-17,19H,9-11,18H2,1H3. The Morgan fingerprint density at radius 1 is 1.20 bits per heavy atom. The van der Waals surface area contributed by atoms with E-state index in [1.165, 1.54) is 16.3 Å². The lowest BCUT2D eigenvalue weighted by Crippen LogP contribution is -2.45. The number of nitrogens with two attached hydrogens (primary N) is 1. The zero-order chi connectivity index (χ0) is 13.9. The van der Waals surface area contributed by atoms with Crippen LogP contribution >= 0.6 is 0 Å². The number of benzene rings is 2. The van der Waals surface area contributed by atoms with Gasteiger partial charge in [-0.25, -0.2) is 0 Å². The third kappa shape index (κ3) is 2.70. The van der Waals surface area contributed by atoms with Crippen molar-refractivity contribution in [1.29, 1.82) is 0 Å². The average Bonchev–Trinajstić information content (AvgIpc) is 2.91. The van der Waals surface area contributed by atoms with Crippen molar-refractivity contribution in [1.82, 2.24) is 5.43 Å². The Kier molecular flexibility index (Phi) is 4.01. The molecule has 0 spiro atoms. The van der Waals surface area contributed by atoms with Crippen molar-refractivity contribution >= 4 is 10.8 Å². The fourth-order valence-corrected chi connectivity index (χ4v) is 3.13. The Bertz CT molecular complexity index is 579. The van der Waals surface area contributed by atoms with Crippen molar-refractivity contribution in [3.05, 3.63) is 48.0 Å². The van der Waals surface area contributed by atoms with Crippen LogP contribution in [-0.2, 0) is 11.2 Å². The maximum Gasteiger partial charge on any atom is 0.0749 e. The van der Waals surface area contributed by atoms with Gasteiger partial charge in [-0.1, -0.05) is 42.5 Å². The van der Waals surface area contributed by atoms with E-state index in [2.05, 4.69) is 54.8 Å². The van der Waals surface area contributed by atoms with Gasteiger partial charge in [0.2, 0.25) is 0 Å². The van der Waals surface area contributed by atoms with Crippen molar-refractivity contribution in [3.63, 3.8) is 0 Å². The van der Waals surface area contributed by atoms with Crippen LogP contribution in [0.25, 0.3) is 10.8 Å². The molecule has 3 unspecified atom stereocenters. The lowest BCUT2D eigenvalue weighted by atomic mass is 9.95. The first-order valence-electron chi connectivity index (χ1n) is 7.36. The van der Waals surface area contributed by atoms with Crippen molar-refractivity contribution in [2.24, 2.45) is 5.84 Å². The molecule has 2 aromatic carbocycles. The molecule has 0 saturated carbocycles. The lowest BCUT2D eigenvalue weighted by Gasteiger charge is -2.23. The van der Waals surface area contributed by atoms with Gasteiger partial charge in [-0.3, -0.25) is 11.3 Å². The first kappa shape index (κ1) is 13.6. The summed E-state index contributed by atoms with van der Waals surface area (Å²) in [6, 6.07) is 15.1. The van der Waals surface area contributed by atoms with Gasteiger partial charge < -0.3 is 4.74 Å². The summed E-state index contributed by atoms with van der Waals surface area (Å²) in [6.45, 7) is 2.13. The van der Waals surface area contributed by atoms with Crippen LogP contribution in [0.15, 0.2) is 42.5 Å². The predicted molar refractivity (Wildman–Crippen MR) is 82.3 cm³/mol. The molecule has 0 radical (unpaired) electrons. The molecular weight excluding hydrogens is 248 g/mol. The Morgan fingerprint density at radius 3 is 2.75 bits per heavy atom. The molecule has 3 nitrogen and oxygen atoms in total. The zero-order valence-electron chi connectivity index (χ0n) is 11.9. The highest BCUT2D eigenvalue weighted by Gasteiger charge is 2.29. The average molecular weight is 270 g/mol. The molecule has 1 saturated heterocycles. The lowest BCUT2D eigenvalue weighted by molar-refractivity contribution is 0.0321. The van der Waals surface area contributed by atoms with E-state index in [1.54, 1.807) is 0 Å². The van der Waals surface area contributed by atoms with Crippen LogP contribution < -0.4 is 11.3 Å². The minimum absolute atomic E-state index is 0.172. The number of fused-ring (bicyclic) bond motifs is 1. The maximum absolute atomic E-state index is 5.96. The summed E-state index contributed by atoms with van der Waals surface area (Å²) >= 11 is 0. The highest BCUT2D eigenvalue weighted by molar-refractivity contribution is 5.85. The van der Waals surface area contributed by atoms with Gasteiger partial charge in [-0.2, -0.15) is 0 Å². The SMILES string of the molecule is CC1CCC(C(Cc2cccc3ccccc23)NN)O1. The first-order chi connectivity index (χ1) is 9.78. The zero-order valence-corrected chi connectivity index (χ0v) is 11.9. The van der Waals surface area contributed by atoms with E-state index in [4.69, 9.17) is 10.6 Å². The molecule has 106 valence electrons. The van der Waals surface area contributed by atoms with Crippen LogP contribution in [0, 0.1) is 0 Å². The molecule has 3 atom stereocenters. The van der Waals surface area contributed by atoms with E-state index < -0.39 is 0 Å². The van der Waals surface area contributed by atoms with Gasteiger partial charge in [-0.15, -0.1) is 0 Å². The second-order valence-electron chi connectivity index (χ2n) is 5.68. The quantitative estimate of drug-likeness (QED) is 0.663. The van der Waals surface area contributed by atoms with Crippen LogP contribution in [0.1, 0.15) is 25.3 Å². The third-order valence-electron chi connectivity index (χ3n) is 4.25. The Morgan fingerprint density at radius 2 is 2.00 bits per heavy atom. The monoisotopic (exact) mass is 270 g/mol. The number of hydrazine groups is 1. The molecule has 3 N–H and O–H groups in total. The summed E-state index contributed by atoms with van der Waals surface area (Å²) in [5.41, 5.74) is 4.28. The normalized spacial score (nSPS) is 24.1. The van der Waals surface area contributed by atoms with Gasteiger partial charge >= 0.3 is 0 Å². The molecular formula is C17H22N2O. The van der Waals surface area contributed by atoms with E-state index in [-0.39, 0.29) is 12.1 Å². The molecule has 20 heavy (non-hydrogen) atoms. The molecule has 1 heterocycles. The molecule has 3 rings (SSSR count). The molecule has 2 aromatic rings. The number of hydrogen-bond donors (Lipinski definition) is 2. The van der Waals surface area contributed by atoms with Crippen LogP contribution in [-0.4, -0.2) is 18.2 Å². The number of hydrogen-bond acceptors (Lipinski definition) is 3. The Balaban J connectivity index is 1.84. The largest absolute Gasteiger partial charge is 0.374 e. The third-order valence-corrected chi connectivity index (χ3v) is 4.25.